The number of halogens is 1. The SMILES string of the molecule is CSc1c(Cl)nc(-c2ccc(NC(=O)Nc3ccc(C(=O)O)cc3)cc2)nc1N1CCOCC1. The number of ether oxygens (including phenoxy) is 1. The number of aromatic carboxylic acids is 1. The van der Waals surface area contributed by atoms with E-state index in [-0.39, 0.29) is 5.56 Å². The average Bonchev–Trinajstić information content (AvgIpc) is 2.85. The van der Waals surface area contributed by atoms with Crippen molar-refractivity contribution < 1.29 is 19.4 Å². The van der Waals surface area contributed by atoms with Gasteiger partial charge in [-0.25, -0.2) is 19.6 Å². The molecule has 0 saturated carbocycles. The number of hydrogen-bond acceptors (Lipinski definition) is 7. The van der Waals surface area contributed by atoms with Gasteiger partial charge < -0.3 is 25.4 Å². The highest BCUT2D eigenvalue weighted by molar-refractivity contribution is 7.98. The molecule has 2 aromatic carbocycles. The summed E-state index contributed by atoms with van der Waals surface area (Å²) in [6, 6.07) is 12.6. The lowest BCUT2D eigenvalue weighted by Gasteiger charge is -2.29. The first-order valence-electron chi connectivity index (χ1n) is 10.4. The Morgan fingerprint density at radius 1 is 1.00 bits per heavy atom. The van der Waals surface area contributed by atoms with E-state index in [4.69, 9.17) is 26.4 Å². The molecule has 0 aliphatic carbocycles. The maximum absolute atomic E-state index is 12.3. The molecule has 1 saturated heterocycles. The largest absolute Gasteiger partial charge is 0.478 e. The van der Waals surface area contributed by atoms with Crippen LogP contribution in [0.25, 0.3) is 11.4 Å². The molecule has 9 nitrogen and oxygen atoms in total. The van der Waals surface area contributed by atoms with E-state index in [1.165, 1.54) is 36.0 Å². The molecule has 11 heteroatoms. The zero-order valence-electron chi connectivity index (χ0n) is 18.2. The van der Waals surface area contributed by atoms with E-state index < -0.39 is 12.0 Å². The Kier molecular flexibility index (Phi) is 7.51. The van der Waals surface area contributed by atoms with Crippen molar-refractivity contribution in [1.82, 2.24) is 9.97 Å². The lowest BCUT2D eigenvalue weighted by atomic mass is 10.2. The third-order valence-electron chi connectivity index (χ3n) is 5.11. The second kappa shape index (κ2) is 10.7. The highest BCUT2D eigenvalue weighted by Gasteiger charge is 2.21. The molecule has 0 atom stereocenters. The van der Waals surface area contributed by atoms with Crippen LogP contribution in [-0.2, 0) is 4.74 Å². The molecule has 1 aromatic heterocycles. The van der Waals surface area contributed by atoms with Crippen LogP contribution in [-0.4, -0.2) is 59.6 Å². The van der Waals surface area contributed by atoms with Gasteiger partial charge in [0.1, 0.15) is 11.0 Å². The van der Waals surface area contributed by atoms with Crippen molar-refractivity contribution in [3.8, 4) is 11.4 Å². The lowest BCUT2D eigenvalue weighted by molar-refractivity contribution is 0.0697. The van der Waals surface area contributed by atoms with Gasteiger partial charge in [-0.05, 0) is 54.8 Å². The van der Waals surface area contributed by atoms with Crippen LogP contribution in [0.1, 0.15) is 10.4 Å². The zero-order valence-corrected chi connectivity index (χ0v) is 19.8. The summed E-state index contributed by atoms with van der Waals surface area (Å²) in [5.41, 5.74) is 1.96. The smallest absolute Gasteiger partial charge is 0.335 e. The molecule has 34 heavy (non-hydrogen) atoms. The van der Waals surface area contributed by atoms with Crippen molar-refractivity contribution in [2.24, 2.45) is 0 Å². The van der Waals surface area contributed by atoms with Gasteiger partial charge in [-0.1, -0.05) is 11.6 Å². The van der Waals surface area contributed by atoms with Crippen LogP contribution in [0.4, 0.5) is 22.0 Å². The summed E-state index contributed by atoms with van der Waals surface area (Å²) < 4.78 is 5.45. The number of aromatic nitrogens is 2. The van der Waals surface area contributed by atoms with Crippen LogP contribution >= 0.6 is 23.4 Å². The number of morpholine rings is 1. The number of rotatable bonds is 6. The zero-order chi connectivity index (χ0) is 24.1. The van der Waals surface area contributed by atoms with Crippen LogP contribution in [0.3, 0.4) is 0 Å². The van der Waals surface area contributed by atoms with Crippen LogP contribution in [0.2, 0.25) is 5.15 Å². The monoisotopic (exact) mass is 499 g/mol. The molecular weight excluding hydrogens is 478 g/mol. The van der Waals surface area contributed by atoms with E-state index in [1.807, 2.05) is 18.4 Å². The molecule has 1 aliphatic heterocycles. The van der Waals surface area contributed by atoms with Gasteiger partial charge in [-0.15, -0.1) is 11.8 Å². The van der Waals surface area contributed by atoms with Crippen LogP contribution in [0, 0.1) is 0 Å². The number of urea groups is 1. The van der Waals surface area contributed by atoms with Gasteiger partial charge in [-0.3, -0.25) is 0 Å². The molecule has 1 aliphatic rings. The first kappa shape index (κ1) is 23.8. The van der Waals surface area contributed by atoms with E-state index in [2.05, 4.69) is 20.5 Å². The summed E-state index contributed by atoms with van der Waals surface area (Å²) >= 11 is 7.99. The van der Waals surface area contributed by atoms with Gasteiger partial charge in [0.2, 0.25) is 0 Å². The Morgan fingerprint density at radius 3 is 2.15 bits per heavy atom. The second-order valence-electron chi connectivity index (χ2n) is 7.33. The third-order valence-corrected chi connectivity index (χ3v) is 6.28. The van der Waals surface area contributed by atoms with Gasteiger partial charge >= 0.3 is 12.0 Å². The normalized spacial score (nSPS) is 13.4. The summed E-state index contributed by atoms with van der Waals surface area (Å²) in [4.78, 5) is 35.4. The van der Waals surface area contributed by atoms with E-state index in [0.717, 1.165) is 29.4 Å². The third kappa shape index (κ3) is 5.58. The van der Waals surface area contributed by atoms with Gasteiger partial charge in [0.05, 0.1) is 23.7 Å². The number of anilines is 3. The Balaban J connectivity index is 1.47. The van der Waals surface area contributed by atoms with Gasteiger partial charge in [0.25, 0.3) is 0 Å². The topological polar surface area (TPSA) is 117 Å². The standard InChI is InChI=1S/C23H22ClN5O4S/c1-34-18-19(24)27-20(28-21(18)29-10-12-33-13-11-29)14-2-6-16(7-3-14)25-23(32)26-17-8-4-15(5-9-17)22(30)31/h2-9H,10-13H2,1H3,(H,30,31)(H2,25,26,32). The maximum Gasteiger partial charge on any atom is 0.335 e. The number of hydrogen-bond donors (Lipinski definition) is 3. The number of carboxylic acids is 1. The first-order chi connectivity index (χ1) is 16.4. The van der Waals surface area contributed by atoms with E-state index >= 15 is 0 Å². The molecular formula is C23H22ClN5O4S. The Labute approximate surface area is 205 Å². The minimum atomic E-state index is -1.03. The second-order valence-corrected chi connectivity index (χ2v) is 8.51. The quantitative estimate of drug-likeness (QED) is 0.330. The van der Waals surface area contributed by atoms with Crippen molar-refractivity contribution >= 4 is 52.6 Å². The summed E-state index contributed by atoms with van der Waals surface area (Å²) in [6.45, 7) is 2.74. The molecule has 0 radical (unpaired) electrons. The van der Waals surface area contributed by atoms with Crippen molar-refractivity contribution in [1.29, 1.82) is 0 Å². The van der Waals surface area contributed by atoms with E-state index in [0.29, 0.717) is 35.6 Å². The predicted molar refractivity (Wildman–Crippen MR) is 133 cm³/mol. The van der Waals surface area contributed by atoms with Crippen molar-refractivity contribution in [3.63, 3.8) is 0 Å². The molecule has 0 spiro atoms. The van der Waals surface area contributed by atoms with Crippen LogP contribution in [0.5, 0.6) is 0 Å². The Bertz CT molecular complexity index is 1190. The average molecular weight is 500 g/mol. The lowest BCUT2D eigenvalue weighted by Crippen LogP contribution is -2.37. The molecule has 3 N–H and O–H groups in total. The number of benzene rings is 2. The molecule has 0 unspecified atom stereocenters. The van der Waals surface area contributed by atoms with E-state index in [9.17, 15) is 9.59 Å². The van der Waals surface area contributed by atoms with Crippen molar-refractivity contribution in [2.75, 3.05) is 48.1 Å². The number of carbonyl (C=O) groups excluding carboxylic acids is 1. The molecule has 4 rings (SSSR count). The molecule has 2 amide bonds. The number of carbonyl (C=O) groups is 2. The first-order valence-corrected chi connectivity index (χ1v) is 12.0. The van der Waals surface area contributed by atoms with Gasteiger partial charge in [-0.2, -0.15) is 0 Å². The minimum Gasteiger partial charge on any atom is -0.478 e. The molecule has 2 heterocycles. The Morgan fingerprint density at radius 2 is 1.59 bits per heavy atom. The fraction of sp³-hybridized carbons (Fsp3) is 0.217. The summed E-state index contributed by atoms with van der Waals surface area (Å²) in [5, 5.41) is 14.8. The summed E-state index contributed by atoms with van der Waals surface area (Å²) in [5.74, 6) is 0.265. The van der Waals surface area contributed by atoms with Gasteiger partial charge in [0.15, 0.2) is 5.82 Å². The molecule has 0 bridgehead atoms. The minimum absolute atomic E-state index is 0.145. The van der Waals surface area contributed by atoms with Crippen molar-refractivity contribution in [3.05, 3.63) is 59.2 Å². The Hall–Kier alpha value is -3.34. The molecule has 3 aromatic rings. The molecule has 1 fully saturated rings. The highest BCUT2D eigenvalue weighted by atomic mass is 35.5. The van der Waals surface area contributed by atoms with Crippen molar-refractivity contribution in [2.45, 2.75) is 4.90 Å². The fourth-order valence-corrected chi connectivity index (χ4v) is 4.37. The number of nitrogens with one attached hydrogen (secondary N) is 2. The summed E-state index contributed by atoms with van der Waals surface area (Å²) in [7, 11) is 0. The molecule has 176 valence electrons. The number of amides is 2. The number of nitrogens with zero attached hydrogens (tertiary/aromatic N) is 3. The predicted octanol–water partition coefficient (Wildman–Crippen LogP) is 4.70. The van der Waals surface area contributed by atoms with Crippen LogP contribution in [0.15, 0.2) is 53.4 Å². The highest BCUT2D eigenvalue weighted by Crippen LogP contribution is 2.35. The fourth-order valence-electron chi connectivity index (χ4n) is 3.40. The van der Waals surface area contributed by atoms with Crippen LogP contribution < -0.4 is 15.5 Å². The van der Waals surface area contributed by atoms with Gasteiger partial charge in [0, 0.05) is 30.0 Å². The summed E-state index contributed by atoms with van der Waals surface area (Å²) in [6.07, 6.45) is 1.94. The van der Waals surface area contributed by atoms with E-state index in [1.54, 1.807) is 12.1 Å². The number of thioether (sulfide) groups is 1. The number of carboxylic acid groups (broad SMARTS) is 1. The maximum atomic E-state index is 12.3.